The zero-order valence-corrected chi connectivity index (χ0v) is 12.4. The van der Waals surface area contributed by atoms with Crippen molar-refractivity contribution in [1.29, 1.82) is 0 Å². The maximum Gasteiger partial charge on any atom is 0.241 e. The summed E-state index contributed by atoms with van der Waals surface area (Å²) in [5.74, 6) is 7.28. The van der Waals surface area contributed by atoms with Crippen molar-refractivity contribution in [3.63, 3.8) is 0 Å². The average Bonchev–Trinajstić information content (AvgIpc) is 2.96. The molecular formula is C14H20N4OS. The number of hydrogen-bond acceptors (Lipinski definition) is 6. The van der Waals surface area contributed by atoms with Gasteiger partial charge in [-0.2, -0.15) is 4.98 Å². The van der Waals surface area contributed by atoms with Crippen LogP contribution in [-0.2, 0) is 0 Å². The SMILES string of the molecule is CCC1CCCC(Oc2nc(NN)nc3sccc23)C1. The molecule has 5 nitrogen and oxygen atoms in total. The molecule has 0 bridgehead atoms. The molecule has 1 fully saturated rings. The number of hydrogen-bond donors (Lipinski definition) is 2. The first-order chi connectivity index (χ1) is 9.80. The van der Waals surface area contributed by atoms with Gasteiger partial charge in [0.15, 0.2) is 0 Å². The van der Waals surface area contributed by atoms with Gasteiger partial charge < -0.3 is 4.74 Å². The zero-order valence-electron chi connectivity index (χ0n) is 11.6. The van der Waals surface area contributed by atoms with Crippen LogP contribution in [-0.4, -0.2) is 16.1 Å². The smallest absolute Gasteiger partial charge is 0.241 e. The molecule has 1 aliphatic rings. The lowest BCUT2D eigenvalue weighted by atomic mass is 9.85. The van der Waals surface area contributed by atoms with E-state index in [-0.39, 0.29) is 6.10 Å². The Bertz CT molecular complexity index is 586. The van der Waals surface area contributed by atoms with Crippen molar-refractivity contribution < 1.29 is 4.74 Å². The fourth-order valence-electron chi connectivity index (χ4n) is 2.86. The number of nitrogens with zero attached hydrogens (tertiary/aromatic N) is 2. The summed E-state index contributed by atoms with van der Waals surface area (Å²) in [6.45, 7) is 2.26. The summed E-state index contributed by atoms with van der Waals surface area (Å²) in [6.07, 6.45) is 6.28. The van der Waals surface area contributed by atoms with Gasteiger partial charge in [0.05, 0.1) is 5.39 Å². The van der Waals surface area contributed by atoms with Crippen molar-refractivity contribution in [3.8, 4) is 5.88 Å². The number of nitrogens with two attached hydrogens (primary N) is 1. The highest BCUT2D eigenvalue weighted by Gasteiger charge is 2.23. The van der Waals surface area contributed by atoms with Crippen LogP contribution in [0.5, 0.6) is 5.88 Å². The lowest BCUT2D eigenvalue weighted by molar-refractivity contribution is 0.119. The zero-order chi connectivity index (χ0) is 13.9. The average molecular weight is 292 g/mol. The molecule has 20 heavy (non-hydrogen) atoms. The summed E-state index contributed by atoms with van der Waals surface area (Å²) >= 11 is 1.57. The third-order valence-electron chi connectivity index (χ3n) is 4.01. The van der Waals surface area contributed by atoms with Gasteiger partial charge in [-0.3, -0.25) is 5.43 Å². The van der Waals surface area contributed by atoms with Crippen LogP contribution in [0.1, 0.15) is 39.0 Å². The molecule has 0 aliphatic heterocycles. The molecule has 108 valence electrons. The van der Waals surface area contributed by atoms with E-state index in [1.165, 1.54) is 19.3 Å². The largest absolute Gasteiger partial charge is 0.474 e. The van der Waals surface area contributed by atoms with Gasteiger partial charge in [0.1, 0.15) is 10.9 Å². The van der Waals surface area contributed by atoms with Crippen LogP contribution in [0.25, 0.3) is 10.2 Å². The molecule has 2 aromatic rings. The molecule has 0 spiro atoms. The molecule has 0 radical (unpaired) electrons. The Morgan fingerprint density at radius 2 is 2.35 bits per heavy atom. The van der Waals surface area contributed by atoms with Crippen LogP contribution in [0, 0.1) is 5.92 Å². The maximum absolute atomic E-state index is 6.16. The second-order valence-corrected chi connectivity index (χ2v) is 6.21. The molecule has 6 heteroatoms. The minimum atomic E-state index is 0.261. The van der Waals surface area contributed by atoms with Gasteiger partial charge in [-0.1, -0.05) is 19.8 Å². The van der Waals surface area contributed by atoms with Crippen molar-refractivity contribution in [3.05, 3.63) is 11.4 Å². The lowest BCUT2D eigenvalue weighted by Crippen LogP contribution is -2.25. The van der Waals surface area contributed by atoms with E-state index in [4.69, 9.17) is 10.6 Å². The summed E-state index contributed by atoms with van der Waals surface area (Å²) in [6, 6.07) is 2.01. The van der Waals surface area contributed by atoms with Crippen LogP contribution < -0.4 is 16.0 Å². The van der Waals surface area contributed by atoms with Crippen molar-refractivity contribution in [1.82, 2.24) is 9.97 Å². The third kappa shape index (κ3) is 2.71. The standard InChI is InChI=1S/C14H20N4OS/c1-2-9-4-3-5-10(8-9)19-12-11-6-7-20-13(11)17-14(16-12)18-15/h6-7,9-10H,2-5,8,15H2,1H3,(H,16,17,18). The molecular weight excluding hydrogens is 272 g/mol. The van der Waals surface area contributed by atoms with Crippen molar-refractivity contribution in [2.45, 2.75) is 45.1 Å². The van der Waals surface area contributed by atoms with E-state index in [1.807, 2.05) is 11.4 Å². The molecule has 1 saturated carbocycles. The number of ether oxygens (including phenoxy) is 1. The number of nitrogens with one attached hydrogen (secondary N) is 1. The second-order valence-electron chi connectivity index (χ2n) is 5.32. The number of anilines is 1. The molecule has 2 aromatic heterocycles. The minimum absolute atomic E-state index is 0.261. The van der Waals surface area contributed by atoms with E-state index in [9.17, 15) is 0 Å². The van der Waals surface area contributed by atoms with E-state index in [2.05, 4.69) is 22.3 Å². The summed E-state index contributed by atoms with van der Waals surface area (Å²) in [5.41, 5.74) is 2.51. The van der Waals surface area contributed by atoms with Gasteiger partial charge in [0.2, 0.25) is 11.8 Å². The number of aromatic nitrogens is 2. The van der Waals surface area contributed by atoms with Gasteiger partial charge in [-0.15, -0.1) is 11.3 Å². The van der Waals surface area contributed by atoms with Crippen molar-refractivity contribution in [2.24, 2.45) is 11.8 Å². The minimum Gasteiger partial charge on any atom is -0.474 e. The van der Waals surface area contributed by atoms with Crippen LogP contribution in [0.15, 0.2) is 11.4 Å². The number of fused-ring (bicyclic) bond motifs is 1. The van der Waals surface area contributed by atoms with Gasteiger partial charge in [0.25, 0.3) is 0 Å². The summed E-state index contributed by atoms with van der Waals surface area (Å²) in [5, 5.41) is 2.98. The molecule has 1 aliphatic carbocycles. The highest BCUT2D eigenvalue weighted by atomic mass is 32.1. The fraction of sp³-hybridized carbons (Fsp3) is 0.571. The van der Waals surface area contributed by atoms with Gasteiger partial charge in [-0.05, 0) is 36.6 Å². The highest BCUT2D eigenvalue weighted by Crippen LogP contribution is 2.33. The Labute approximate surface area is 122 Å². The molecule has 0 aromatic carbocycles. The molecule has 0 saturated heterocycles. The molecule has 3 N–H and O–H groups in total. The van der Waals surface area contributed by atoms with E-state index in [1.54, 1.807) is 11.3 Å². The molecule has 3 rings (SSSR count). The molecule has 0 amide bonds. The monoisotopic (exact) mass is 292 g/mol. The number of thiophene rings is 1. The molecule has 2 atom stereocenters. The third-order valence-corrected chi connectivity index (χ3v) is 4.82. The summed E-state index contributed by atoms with van der Waals surface area (Å²) in [4.78, 5) is 9.61. The fourth-order valence-corrected chi connectivity index (χ4v) is 3.61. The van der Waals surface area contributed by atoms with Crippen molar-refractivity contribution in [2.75, 3.05) is 5.43 Å². The number of hydrazine groups is 1. The van der Waals surface area contributed by atoms with Gasteiger partial charge in [0, 0.05) is 0 Å². The number of rotatable bonds is 4. The van der Waals surface area contributed by atoms with E-state index < -0.39 is 0 Å². The molecule has 2 unspecified atom stereocenters. The first-order valence-electron chi connectivity index (χ1n) is 7.18. The first kappa shape index (κ1) is 13.6. The quantitative estimate of drug-likeness (QED) is 0.668. The van der Waals surface area contributed by atoms with E-state index >= 15 is 0 Å². The van der Waals surface area contributed by atoms with Gasteiger partial charge >= 0.3 is 0 Å². The maximum atomic E-state index is 6.16. The Hall–Kier alpha value is -1.40. The lowest BCUT2D eigenvalue weighted by Gasteiger charge is -2.28. The Morgan fingerprint density at radius 3 is 3.15 bits per heavy atom. The van der Waals surface area contributed by atoms with E-state index in [0.29, 0.717) is 11.8 Å². The van der Waals surface area contributed by atoms with Gasteiger partial charge in [-0.25, -0.2) is 10.8 Å². The predicted octanol–water partition coefficient (Wildman–Crippen LogP) is 3.32. The van der Waals surface area contributed by atoms with Crippen LogP contribution in [0.2, 0.25) is 0 Å². The Balaban J connectivity index is 1.84. The summed E-state index contributed by atoms with van der Waals surface area (Å²) < 4.78 is 6.16. The van der Waals surface area contributed by atoms with Crippen molar-refractivity contribution >= 4 is 27.5 Å². The number of nitrogen functional groups attached to an aromatic ring is 1. The predicted molar refractivity (Wildman–Crippen MR) is 81.9 cm³/mol. The topological polar surface area (TPSA) is 73.1 Å². The van der Waals surface area contributed by atoms with Crippen LogP contribution in [0.4, 0.5) is 5.95 Å². The Kier molecular flexibility index (Phi) is 4.03. The second kappa shape index (κ2) is 5.93. The first-order valence-corrected chi connectivity index (χ1v) is 8.06. The molecule has 2 heterocycles. The summed E-state index contributed by atoms with van der Waals surface area (Å²) in [7, 11) is 0. The van der Waals surface area contributed by atoms with E-state index in [0.717, 1.165) is 29.0 Å². The van der Waals surface area contributed by atoms with Crippen LogP contribution >= 0.6 is 11.3 Å². The Morgan fingerprint density at radius 1 is 1.45 bits per heavy atom. The highest BCUT2D eigenvalue weighted by molar-refractivity contribution is 7.16. The van der Waals surface area contributed by atoms with Crippen LogP contribution in [0.3, 0.4) is 0 Å². The normalized spacial score (nSPS) is 22.9.